The number of halogens is 1. The maximum Gasteiger partial charge on any atom is 0.254 e. The van der Waals surface area contributed by atoms with Crippen LogP contribution in [0.3, 0.4) is 0 Å². The van der Waals surface area contributed by atoms with Gasteiger partial charge in [-0.25, -0.2) is 4.39 Å². The van der Waals surface area contributed by atoms with E-state index in [0.29, 0.717) is 5.69 Å². The summed E-state index contributed by atoms with van der Waals surface area (Å²) < 4.78 is 13.6. The number of nitrogens with one attached hydrogen (secondary N) is 1. The molecule has 3 nitrogen and oxygen atoms in total. The monoisotopic (exact) mass is 258 g/mol. The first-order valence-corrected chi connectivity index (χ1v) is 5.99. The fraction of sp³-hybridized carbons (Fsp3) is 0.133. The first-order valence-electron chi connectivity index (χ1n) is 5.99. The van der Waals surface area contributed by atoms with Gasteiger partial charge in [0.15, 0.2) is 0 Å². The highest BCUT2D eigenvalue weighted by molar-refractivity contribution is 5.95. The van der Waals surface area contributed by atoms with Crippen molar-refractivity contribution in [2.24, 2.45) is 0 Å². The lowest BCUT2D eigenvalue weighted by atomic mass is 10.1. The zero-order valence-electron chi connectivity index (χ0n) is 10.6. The summed E-state index contributed by atoms with van der Waals surface area (Å²) in [6, 6.07) is 13.3. The minimum Gasteiger partial charge on any atom is -0.399 e. The topological polar surface area (TPSA) is 55.1 Å². The molecule has 0 aliphatic heterocycles. The molecule has 0 saturated heterocycles. The summed E-state index contributed by atoms with van der Waals surface area (Å²) in [6.45, 7) is 1.85. The van der Waals surface area contributed by atoms with E-state index in [2.05, 4.69) is 5.32 Å². The molecule has 2 rings (SSSR count). The Hall–Kier alpha value is -2.36. The molecule has 98 valence electrons. The quantitative estimate of drug-likeness (QED) is 0.832. The Morgan fingerprint density at radius 2 is 1.89 bits per heavy atom. The molecule has 4 heteroatoms. The smallest absolute Gasteiger partial charge is 0.254 e. The van der Waals surface area contributed by atoms with Crippen LogP contribution in [0, 0.1) is 5.82 Å². The van der Waals surface area contributed by atoms with Gasteiger partial charge < -0.3 is 11.1 Å². The van der Waals surface area contributed by atoms with E-state index in [0.717, 1.165) is 11.6 Å². The normalized spacial score (nSPS) is 11.9. The molecular formula is C15H15FN2O. The van der Waals surface area contributed by atoms with Crippen LogP contribution in [0.25, 0.3) is 0 Å². The highest BCUT2D eigenvalue weighted by Crippen LogP contribution is 2.15. The molecule has 0 radical (unpaired) electrons. The number of rotatable bonds is 3. The summed E-state index contributed by atoms with van der Waals surface area (Å²) in [7, 11) is 0. The van der Waals surface area contributed by atoms with Gasteiger partial charge in [-0.2, -0.15) is 0 Å². The summed E-state index contributed by atoms with van der Waals surface area (Å²) in [6.07, 6.45) is 0. The molecule has 0 aliphatic carbocycles. The molecule has 0 bridgehead atoms. The molecule has 0 heterocycles. The summed E-state index contributed by atoms with van der Waals surface area (Å²) in [4.78, 5) is 12.0. The van der Waals surface area contributed by atoms with Gasteiger partial charge in [0.05, 0.1) is 11.6 Å². The second-order valence-corrected chi connectivity index (χ2v) is 4.35. The summed E-state index contributed by atoms with van der Waals surface area (Å²) in [5.41, 5.74) is 6.71. The van der Waals surface area contributed by atoms with Crippen molar-refractivity contribution in [2.75, 3.05) is 5.73 Å². The van der Waals surface area contributed by atoms with Gasteiger partial charge in [-0.05, 0) is 30.7 Å². The van der Waals surface area contributed by atoms with E-state index in [1.807, 2.05) is 37.3 Å². The van der Waals surface area contributed by atoms with E-state index in [1.54, 1.807) is 0 Å². The van der Waals surface area contributed by atoms with Crippen molar-refractivity contribution in [3.63, 3.8) is 0 Å². The number of benzene rings is 2. The summed E-state index contributed by atoms with van der Waals surface area (Å²) >= 11 is 0. The number of anilines is 1. The third-order valence-electron chi connectivity index (χ3n) is 2.88. The van der Waals surface area contributed by atoms with Crippen LogP contribution in [0.5, 0.6) is 0 Å². The van der Waals surface area contributed by atoms with Crippen molar-refractivity contribution < 1.29 is 9.18 Å². The van der Waals surface area contributed by atoms with Gasteiger partial charge in [0.1, 0.15) is 5.82 Å². The first kappa shape index (κ1) is 13.1. The van der Waals surface area contributed by atoms with Crippen LogP contribution < -0.4 is 11.1 Å². The van der Waals surface area contributed by atoms with Crippen molar-refractivity contribution in [1.29, 1.82) is 0 Å². The number of hydrogen-bond acceptors (Lipinski definition) is 2. The van der Waals surface area contributed by atoms with Gasteiger partial charge in [-0.1, -0.05) is 30.3 Å². The van der Waals surface area contributed by atoms with Crippen molar-refractivity contribution in [3.8, 4) is 0 Å². The third-order valence-corrected chi connectivity index (χ3v) is 2.88. The van der Waals surface area contributed by atoms with Gasteiger partial charge in [0.2, 0.25) is 0 Å². The van der Waals surface area contributed by atoms with Gasteiger partial charge >= 0.3 is 0 Å². The first-order chi connectivity index (χ1) is 9.08. The number of carbonyl (C=O) groups is 1. The van der Waals surface area contributed by atoms with Gasteiger partial charge in [0, 0.05) is 5.69 Å². The molecule has 0 aliphatic rings. The molecule has 0 fully saturated rings. The molecule has 1 atom stereocenters. The number of carbonyl (C=O) groups excluding carboxylic acids is 1. The van der Waals surface area contributed by atoms with Crippen LogP contribution in [0.1, 0.15) is 28.9 Å². The van der Waals surface area contributed by atoms with Crippen molar-refractivity contribution in [3.05, 3.63) is 65.5 Å². The molecule has 0 unspecified atom stereocenters. The van der Waals surface area contributed by atoms with Crippen molar-refractivity contribution in [2.45, 2.75) is 13.0 Å². The molecule has 3 N–H and O–H groups in total. The highest BCUT2D eigenvalue weighted by atomic mass is 19.1. The fourth-order valence-electron chi connectivity index (χ4n) is 1.81. The van der Waals surface area contributed by atoms with Crippen LogP contribution in [-0.2, 0) is 0 Å². The molecule has 1 amide bonds. The Bertz CT molecular complexity index is 584. The highest BCUT2D eigenvalue weighted by Gasteiger charge is 2.14. The Morgan fingerprint density at radius 3 is 2.53 bits per heavy atom. The van der Waals surface area contributed by atoms with E-state index in [4.69, 9.17) is 5.73 Å². The third kappa shape index (κ3) is 3.10. The van der Waals surface area contributed by atoms with E-state index < -0.39 is 11.7 Å². The van der Waals surface area contributed by atoms with Crippen molar-refractivity contribution >= 4 is 11.6 Å². The Kier molecular flexibility index (Phi) is 3.80. The lowest BCUT2D eigenvalue weighted by Crippen LogP contribution is -2.27. The van der Waals surface area contributed by atoms with Crippen LogP contribution in [0.4, 0.5) is 10.1 Å². The molecule has 0 aromatic heterocycles. The predicted molar refractivity (Wildman–Crippen MR) is 73.1 cm³/mol. The predicted octanol–water partition coefficient (Wildman–Crippen LogP) is 2.90. The van der Waals surface area contributed by atoms with Gasteiger partial charge in [0.25, 0.3) is 5.91 Å². The Morgan fingerprint density at radius 1 is 1.21 bits per heavy atom. The van der Waals surface area contributed by atoms with Gasteiger partial charge in [-0.15, -0.1) is 0 Å². The molecule has 2 aromatic rings. The fourth-order valence-corrected chi connectivity index (χ4v) is 1.81. The van der Waals surface area contributed by atoms with E-state index in [1.165, 1.54) is 12.1 Å². The zero-order valence-corrected chi connectivity index (χ0v) is 10.6. The largest absolute Gasteiger partial charge is 0.399 e. The Labute approximate surface area is 111 Å². The lowest BCUT2D eigenvalue weighted by Gasteiger charge is -2.14. The molecule has 2 aromatic carbocycles. The van der Waals surface area contributed by atoms with E-state index in [-0.39, 0.29) is 11.6 Å². The SMILES string of the molecule is C[C@@H](NC(=O)c1ccc(N)cc1F)c1ccccc1. The maximum absolute atomic E-state index is 13.6. The van der Waals surface area contributed by atoms with E-state index in [9.17, 15) is 9.18 Å². The van der Waals surface area contributed by atoms with Crippen LogP contribution >= 0.6 is 0 Å². The number of nitrogens with two attached hydrogens (primary N) is 1. The number of amides is 1. The molecule has 0 saturated carbocycles. The van der Waals surface area contributed by atoms with Crippen molar-refractivity contribution in [1.82, 2.24) is 5.32 Å². The summed E-state index contributed by atoms with van der Waals surface area (Å²) in [5, 5.41) is 2.75. The lowest BCUT2D eigenvalue weighted by molar-refractivity contribution is 0.0936. The van der Waals surface area contributed by atoms with Gasteiger partial charge in [-0.3, -0.25) is 4.79 Å². The second kappa shape index (κ2) is 5.52. The second-order valence-electron chi connectivity index (χ2n) is 4.35. The Balaban J connectivity index is 2.13. The number of nitrogen functional groups attached to an aromatic ring is 1. The minimum absolute atomic E-state index is 0.00280. The summed E-state index contributed by atoms with van der Waals surface area (Å²) in [5.74, 6) is -1.06. The molecule has 0 spiro atoms. The minimum atomic E-state index is -0.613. The van der Waals surface area contributed by atoms with Crippen LogP contribution in [0.2, 0.25) is 0 Å². The number of hydrogen-bond donors (Lipinski definition) is 2. The zero-order chi connectivity index (χ0) is 13.8. The average molecular weight is 258 g/mol. The van der Waals surface area contributed by atoms with E-state index >= 15 is 0 Å². The average Bonchev–Trinajstić information content (AvgIpc) is 2.39. The van der Waals surface area contributed by atoms with Crippen LogP contribution in [0.15, 0.2) is 48.5 Å². The standard InChI is InChI=1S/C15H15FN2O/c1-10(11-5-3-2-4-6-11)18-15(19)13-8-7-12(17)9-14(13)16/h2-10H,17H2,1H3,(H,18,19)/t10-/m1/s1. The maximum atomic E-state index is 13.6. The molecular weight excluding hydrogens is 243 g/mol. The molecule has 19 heavy (non-hydrogen) atoms. The van der Waals surface area contributed by atoms with Crippen LogP contribution in [-0.4, -0.2) is 5.91 Å².